The molecule has 0 aliphatic carbocycles. The van der Waals surface area contributed by atoms with Crippen LogP contribution in [0.4, 0.5) is 5.82 Å². The number of aromatic nitrogens is 2. The van der Waals surface area contributed by atoms with E-state index in [4.69, 9.17) is 16.6 Å². The van der Waals surface area contributed by atoms with Crippen molar-refractivity contribution in [2.45, 2.75) is 39.7 Å². The molecule has 0 radical (unpaired) electrons. The molecule has 1 aliphatic heterocycles. The van der Waals surface area contributed by atoms with Crippen molar-refractivity contribution < 1.29 is 0 Å². The van der Waals surface area contributed by atoms with Gasteiger partial charge in [0.2, 0.25) is 5.28 Å². The first-order valence-corrected chi connectivity index (χ1v) is 11.0. The quantitative estimate of drug-likeness (QED) is 0.532. The first kappa shape index (κ1) is 19.6. The molecule has 0 N–H and O–H groups in total. The monoisotopic (exact) mass is 414 g/mol. The number of aryl methyl sites for hydroxylation is 3. The minimum absolute atomic E-state index is 0.329. The lowest BCUT2D eigenvalue weighted by Crippen LogP contribution is -2.42. The van der Waals surface area contributed by atoms with E-state index in [1.165, 1.54) is 27.1 Å². The van der Waals surface area contributed by atoms with Crippen LogP contribution >= 0.6 is 22.9 Å². The summed E-state index contributed by atoms with van der Waals surface area (Å²) in [6, 6.07) is 7.16. The highest BCUT2D eigenvalue weighted by molar-refractivity contribution is 7.19. The maximum Gasteiger partial charge on any atom is 0.225 e. The van der Waals surface area contributed by atoms with Crippen LogP contribution in [0.15, 0.2) is 18.2 Å². The Hall–Kier alpha value is -1.69. The predicted molar refractivity (Wildman–Crippen MR) is 121 cm³/mol. The van der Waals surface area contributed by atoms with Gasteiger partial charge < -0.3 is 9.80 Å². The minimum atomic E-state index is 0.329. The topological polar surface area (TPSA) is 32.3 Å². The average Bonchev–Trinajstić information content (AvgIpc) is 2.99. The zero-order valence-corrected chi connectivity index (χ0v) is 18.8. The standard InChI is InChI=1S/C22H27ClN4S/c1-13-6-7-16(12-14(13)2)18-15(3)28-21-19(18)20(24-22(23)25-21)27(5)17-8-10-26(4)11-9-17/h6-7,12,17H,8-11H2,1-5H3. The van der Waals surface area contributed by atoms with Crippen LogP contribution in [-0.2, 0) is 0 Å². The lowest BCUT2D eigenvalue weighted by molar-refractivity contribution is 0.252. The minimum Gasteiger partial charge on any atom is -0.356 e. The molecule has 4 nitrogen and oxygen atoms in total. The van der Waals surface area contributed by atoms with E-state index < -0.39 is 0 Å². The Balaban J connectivity index is 1.87. The Bertz CT molecular complexity index is 1020. The molecule has 28 heavy (non-hydrogen) atoms. The Morgan fingerprint density at radius 3 is 2.50 bits per heavy atom. The van der Waals surface area contributed by atoms with Crippen molar-refractivity contribution in [3.8, 4) is 11.1 Å². The maximum absolute atomic E-state index is 6.33. The average molecular weight is 415 g/mol. The number of hydrogen-bond donors (Lipinski definition) is 0. The van der Waals surface area contributed by atoms with E-state index in [0.29, 0.717) is 11.3 Å². The van der Waals surface area contributed by atoms with Crippen molar-refractivity contribution in [1.29, 1.82) is 0 Å². The molecule has 0 spiro atoms. The van der Waals surface area contributed by atoms with Crippen LogP contribution < -0.4 is 4.90 Å². The molecule has 1 saturated heterocycles. The Labute approximate surface area is 176 Å². The Kier molecular flexibility index (Phi) is 5.34. The normalized spacial score (nSPS) is 16.1. The summed E-state index contributed by atoms with van der Waals surface area (Å²) >= 11 is 8.04. The van der Waals surface area contributed by atoms with E-state index in [0.717, 1.165) is 42.0 Å². The summed E-state index contributed by atoms with van der Waals surface area (Å²) in [5.74, 6) is 0.960. The zero-order valence-electron chi connectivity index (χ0n) is 17.2. The van der Waals surface area contributed by atoms with Crippen molar-refractivity contribution in [2.24, 2.45) is 0 Å². The number of piperidine rings is 1. The van der Waals surface area contributed by atoms with Gasteiger partial charge in [-0.2, -0.15) is 4.98 Å². The lowest BCUT2D eigenvalue weighted by Gasteiger charge is -2.36. The summed E-state index contributed by atoms with van der Waals surface area (Å²) in [4.78, 5) is 16.2. The van der Waals surface area contributed by atoms with Gasteiger partial charge in [-0.05, 0) is 82.0 Å². The number of hydrogen-bond acceptors (Lipinski definition) is 5. The van der Waals surface area contributed by atoms with E-state index in [1.807, 2.05) is 0 Å². The Morgan fingerprint density at radius 1 is 1.11 bits per heavy atom. The molecule has 1 aliphatic rings. The van der Waals surface area contributed by atoms with E-state index >= 15 is 0 Å². The third-order valence-corrected chi connectivity index (χ3v) is 7.21. The van der Waals surface area contributed by atoms with Crippen LogP contribution in [-0.4, -0.2) is 48.1 Å². The van der Waals surface area contributed by atoms with Crippen LogP contribution in [0.25, 0.3) is 21.3 Å². The Morgan fingerprint density at radius 2 is 1.82 bits per heavy atom. The molecule has 2 aromatic heterocycles. The molecule has 0 atom stereocenters. The van der Waals surface area contributed by atoms with Gasteiger partial charge in [0, 0.05) is 23.5 Å². The van der Waals surface area contributed by atoms with Crippen molar-refractivity contribution in [3.63, 3.8) is 0 Å². The molecule has 0 amide bonds. The highest BCUT2D eigenvalue weighted by Crippen LogP contribution is 2.43. The second-order valence-electron chi connectivity index (χ2n) is 7.97. The van der Waals surface area contributed by atoms with Crippen molar-refractivity contribution in [1.82, 2.24) is 14.9 Å². The van der Waals surface area contributed by atoms with Crippen molar-refractivity contribution in [3.05, 3.63) is 39.5 Å². The zero-order chi connectivity index (χ0) is 20.0. The van der Waals surface area contributed by atoms with Crippen molar-refractivity contribution >= 4 is 39.0 Å². The summed E-state index contributed by atoms with van der Waals surface area (Å²) in [6.07, 6.45) is 2.27. The number of benzene rings is 1. The molecule has 1 fully saturated rings. The molecule has 6 heteroatoms. The van der Waals surface area contributed by atoms with Crippen LogP contribution in [0, 0.1) is 20.8 Å². The second-order valence-corrected chi connectivity index (χ2v) is 9.52. The number of anilines is 1. The summed E-state index contributed by atoms with van der Waals surface area (Å²) in [5, 5.41) is 1.46. The highest BCUT2D eigenvalue weighted by Gasteiger charge is 2.26. The molecule has 1 aromatic carbocycles. The smallest absolute Gasteiger partial charge is 0.225 e. The molecule has 3 aromatic rings. The van der Waals surface area contributed by atoms with Gasteiger partial charge in [0.25, 0.3) is 0 Å². The number of rotatable bonds is 3. The molecular weight excluding hydrogens is 388 g/mol. The van der Waals surface area contributed by atoms with Crippen molar-refractivity contribution in [2.75, 3.05) is 32.1 Å². The fourth-order valence-corrected chi connectivity index (χ4v) is 5.38. The van der Waals surface area contributed by atoms with Crippen LogP contribution in [0.1, 0.15) is 28.8 Å². The summed E-state index contributed by atoms with van der Waals surface area (Å²) in [5.41, 5.74) is 5.09. The number of fused-ring (bicyclic) bond motifs is 1. The molecule has 148 valence electrons. The van der Waals surface area contributed by atoms with Gasteiger partial charge in [0.15, 0.2) is 0 Å². The predicted octanol–water partition coefficient (Wildman–Crippen LogP) is 5.47. The molecule has 3 heterocycles. The number of likely N-dealkylation sites (tertiary alicyclic amines) is 1. The van der Waals surface area contributed by atoms with E-state index in [2.05, 4.69) is 67.8 Å². The first-order chi connectivity index (χ1) is 13.3. The highest BCUT2D eigenvalue weighted by atomic mass is 35.5. The third kappa shape index (κ3) is 3.51. The summed E-state index contributed by atoms with van der Waals surface area (Å²) < 4.78 is 0. The second kappa shape index (κ2) is 7.62. The van der Waals surface area contributed by atoms with Gasteiger partial charge in [-0.3, -0.25) is 0 Å². The SMILES string of the molecule is Cc1ccc(-c2c(C)sc3nc(Cl)nc(N(C)C4CCN(C)CC4)c23)cc1C. The van der Waals surface area contributed by atoms with E-state index in [9.17, 15) is 0 Å². The number of nitrogens with zero attached hydrogens (tertiary/aromatic N) is 4. The van der Waals surface area contributed by atoms with Gasteiger partial charge in [-0.1, -0.05) is 18.2 Å². The summed E-state index contributed by atoms with van der Waals surface area (Å²) in [7, 11) is 4.35. The number of halogens is 1. The summed E-state index contributed by atoms with van der Waals surface area (Å²) in [6.45, 7) is 8.72. The number of thiophene rings is 1. The van der Waals surface area contributed by atoms with E-state index in [-0.39, 0.29) is 0 Å². The largest absolute Gasteiger partial charge is 0.356 e. The molecule has 0 unspecified atom stereocenters. The van der Waals surface area contributed by atoms with Gasteiger partial charge >= 0.3 is 0 Å². The van der Waals surface area contributed by atoms with Crippen LogP contribution in [0.2, 0.25) is 5.28 Å². The lowest BCUT2D eigenvalue weighted by atomic mass is 9.98. The van der Waals surface area contributed by atoms with Crippen LogP contribution in [0.5, 0.6) is 0 Å². The van der Waals surface area contributed by atoms with E-state index in [1.54, 1.807) is 11.3 Å². The molecule has 4 rings (SSSR count). The van der Waals surface area contributed by atoms with Gasteiger partial charge in [0.1, 0.15) is 10.6 Å². The first-order valence-electron chi connectivity index (χ1n) is 9.80. The van der Waals surface area contributed by atoms with Gasteiger partial charge in [-0.15, -0.1) is 11.3 Å². The van der Waals surface area contributed by atoms with Crippen LogP contribution in [0.3, 0.4) is 0 Å². The maximum atomic E-state index is 6.33. The van der Waals surface area contributed by atoms with Gasteiger partial charge in [-0.25, -0.2) is 4.98 Å². The fourth-order valence-electron chi connectivity index (χ4n) is 4.12. The molecule has 0 bridgehead atoms. The molecular formula is C22H27ClN4S. The fraction of sp³-hybridized carbons (Fsp3) is 0.455. The molecule has 0 saturated carbocycles. The third-order valence-electron chi connectivity index (χ3n) is 6.05. The van der Waals surface area contributed by atoms with Gasteiger partial charge in [0.05, 0.1) is 5.39 Å².